The first-order chi connectivity index (χ1) is 12.4. The van der Waals surface area contributed by atoms with E-state index in [1.165, 1.54) is 24.3 Å². The molecule has 0 fully saturated rings. The van der Waals surface area contributed by atoms with Crippen LogP contribution < -0.4 is 5.73 Å². The molecule has 0 amide bonds. The molecule has 0 saturated heterocycles. The van der Waals surface area contributed by atoms with E-state index >= 15 is 0 Å². The predicted octanol–water partition coefficient (Wildman–Crippen LogP) is 4.23. The quantitative estimate of drug-likeness (QED) is 0.563. The number of nitrogen functional groups attached to an aromatic ring is 1. The van der Waals surface area contributed by atoms with Gasteiger partial charge in [-0.2, -0.15) is 5.26 Å². The van der Waals surface area contributed by atoms with Crippen molar-refractivity contribution in [1.82, 2.24) is 4.98 Å². The zero-order chi connectivity index (χ0) is 18.8. The van der Waals surface area contributed by atoms with Crippen molar-refractivity contribution in [1.29, 1.82) is 5.26 Å². The Labute approximate surface area is 148 Å². The number of anilines is 1. The summed E-state index contributed by atoms with van der Waals surface area (Å²) in [6, 6.07) is 13.7. The lowest BCUT2D eigenvalue weighted by molar-refractivity contribution is -0.384. The summed E-state index contributed by atoms with van der Waals surface area (Å²) in [5.74, 6) is -0.325. The lowest BCUT2D eigenvalue weighted by Gasteiger charge is -2.15. The van der Waals surface area contributed by atoms with Gasteiger partial charge >= 0.3 is 0 Å². The summed E-state index contributed by atoms with van der Waals surface area (Å²) in [6.45, 7) is 1.78. The smallest absolute Gasteiger partial charge is 0.269 e. The standard InChI is InChI=1S/C19H13FN4O2/c1-11-17(12-4-8-15(9-5-12)24(25)26)16(10-21)19(22)23-18(11)13-2-6-14(20)7-3-13/h2-9H,1H3,(H2,22,23). The zero-order valence-electron chi connectivity index (χ0n) is 13.7. The Kier molecular flexibility index (Phi) is 4.33. The minimum absolute atomic E-state index is 0.0470. The van der Waals surface area contributed by atoms with Crippen LogP contribution in [-0.4, -0.2) is 9.91 Å². The van der Waals surface area contributed by atoms with Crippen LogP contribution in [0.4, 0.5) is 15.9 Å². The Morgan fingerprint density at radius 2 is 1.69 bits per heavy atom. The normalized spacial score (nSPS) is 10.3. The van der Waals surface area contributed by atoms with E-state index in [4.69, 9.17) is 5.73 Å². The number of aromatic nitrogens is 1. The number of nitrogens with two attached hydrogens (primary N) is 1. The molecule has 2 N–H and O–H groups in total. The second kappa shape index (κ2) is 6.61. The molecular weight excluding hydrogens is 335 g/mol. The van der Waals surface area contributed by atoms with E-state index in [0.29, 0.717) is 27.9 Å². The minimum atomic E-state index is -0.493. The average molecular weight is 348 g/mol. The fourth-order valence-electron chi connectivity index (χ4n) is 2.81. The molecule has 128 valence electrons. The molecule has 0 unspecified atom stereocenters. The van der Waals surface area contributed by atoms with Gasteiger partial charge in [-0.25, -0.2) is 9.37 Å². The molecule has 0 saturated carbocycles. The number of non-ortho nitro benzene ring substituents is 1. The summed E-state index contributed by atoms with van der Waals surface area (Å²) in [7, 11) is 0. The first-order valence-electron chi connectivity index (χ1n) is 7.63. The van der Waals surface area contributed by atoms with Gasteiger partial charge in [-0.3, -0.25) is 10.1 Å². The number of halogens is 1. The molecule has 2 aromatic carbocycles. The summed E-state index contributed by atoms with van der Waals surface area (Å²) in [5, 5.41) is 20.3. The van der Waals surface area contributed by atoms with Crippen LogP contribution in [0.1, 0.15) is 11.1 Å². The number of rotatable bonds is 3. The summed E-state index contributed by atoms with van der Waals surface area (Å²) < 4.78 is 13.2. The Bertz CT molecular complexity index is 1040. The third-order valence-corrected chi connectivity index (χ3v) is 4.06. The number of nitro benzene ring substituents is 1. The molecule has 3 aromatic rings. The highest BCUT2D eigenvalue weighted by molar-refractivity contribution is 5.84. The van der Waals surface area contributed by atoms with E-state index in [-0.39, 0.29) is 22.9 Å². The first kappa shape index (κ1) is 17.0. The lowest BCUT2D eigenvalue weighted by atomic mass is 9.92. The van der Waals surface area contributed by atoms with Crippen molar-refractivity contribution in [3.8, 4) is 28.5 Å². The van der Waals surface area contributed by atoms with Crippen molar-refractivity contribution in [3.63, 3.8) is 0 Å². The maximum atomic E-state index is 13.2. The highest BCUT2D eigenvalue weighted by atomic mass is 19.1. The maximum Gasteiger partial charge on any atom is 0.269 e. The second-order valence-electron chi connectivity index (χ2n) is 5.64. The van der Waals surface area contributed by atoms with Gasteiger partial charge in [0.15, 0.2) is 0 Å². The lowest BCUT2D eigenvalue weighted by Crippen LogP contribution is -2.03. The first-order valence-corrected chi connectivity index (χ1v) is 7.63. The molecule has 3 rings (SSSR count). The van der Waals surface area contributed by atoms with Crippen LogP contribution in [0.15, 0.2) is 48.5 Å². The molecule has 26 heavy (non-hydrogen) atoms. The average Bonchev–Trinajstić information content (AvgIpc) is 2.64. The molecule has 1 aromatic heterocycles. The molecule has 0 radical (unpaired) electrons. The molecule has 0 aliphatic heterocycles. The highest BCUT2D eigenvalue weighted by Crippen LogP contribution is 2.36. The summed E-state index contributed by atoms with van der Waals surface area (Å²) in [6.07, 6.45) is 0. The van der Waals surface area contributed by atoms with Crippen LogP contribution in [0.25, 0.3) is 22.4 Å². The SMILES string of the molecule is Cc1c(-c2ccc(F)cc2)nc(N)c(C#N)c1-c1ccc([N+](=O)[O-])cc1. The Morgan fingerprint density at radius 1 is 1.12 bits per heavy atom. The predicted molar refractivity (Wildman–Crippen MR) is 95.6 cm³/mol. The van der Waals surface area contributed by atoms with Gasteiger partial charge in [-0.1, -0.05) is 0 Å². The topological polar surface area (TPSA) is 106 Å². The number of nitro groups is 1. The Hall–Kier alpha value is -3.79. The molecule has 0 aliphatic rings. The molecule has 0 atom stereocenters. The summed E-state index contributed by atoms with van der Waals surface area (Å²) >= 11 is 0. The van der Waals surface area contributed by atoms with Gasteiger partial charge in [0.1, 0.15) is 23.3 Å². The van der Waals surface area contributed by atoms with E-state index in [2.05, 4.69) is 4.98 Å². The van der Waals surface area contributed by atoms with E-state index < -0.39 is 4.92 Å². The number of nitrogens with zero attached hydrogens (tertiary/aromatic N) is 3. The van der Waals surface area contributed by atoms with Crippen LogP contribution in [0.5, 0.6) is 0 Å². The van der Waals surface area contributed by atoms with Crippen LogP contribution in [0.3, 0.4) is 0 Å². The molecule has 0 aliphatic carbocycles. The van der Waals surface area contributed by atoms with E-state index in [9.17, 15) is 19.8 Å². The molecule has 7 heteroatoms. The number of pyridine rings is 1. The van der Waals surface area contributed by atoms with Crippen molar-refractivity contribution >= 4 is 11.5 Å². The van der Waals surface area contributed by atoms with E-state index in [0.717, 1.165) is 0 Å². The third kappa shape index (κ3) is 2.96. The summed E-state index contributed by atoms with van der Waals surface area (Å²) in [5.41, 5.74) is 9.13. The second-order valence-corrected chi connectivity index (χ2v) is 5.64. The van der Waals surface area contributed by atoms with E-state index in [1.54, 1.807) is 31.2 Å². The highest BCUT2D eigenvalue weighted by Gasteiger charge is 2.19. The molecular formula is C19H13FN4O2. The molecule has 0 spiro atoms. The van der Waals surface area contributed by atoms with Crippen LogP contribution in [0, 0.1) is 34.2 Å². The van der Waals surface area contributed by atoms with Gasteiger partial charge in [-0.05, 0) is 54.4 Å². The van der Waals surface area contributed by atoms with Gasteiger partial charge in [0.05, 0.1) is 10.6 Å². The van der Waals surface area contributed by atoms with Crippen molar-refractivity contribution in [2.75, 3.05) is 5.73 Å². The fourth-order valence-corrected chi connectivity index (χ4v) is 2.81. The maximum absolute atomic E-state index is 13.2. The van der Waals surface area contributed by atoms with Crippen LogP contribution >= 0.6 is 0 Å². The van der Waals surface area contributed by atoms with Gasteiger partial charge in [0.25, 0.3) is 5.69 Å². The van der Waals surface area contributed by atoms with Gasteiger partial charge < -0.3 is 5.73 Å². The van der Waals surface area contributed by atoms with Crippen molar-refractivity contribution in [2.45, 2.75) is 6.92 Å². The molecule has 6 nitrogen and oxygen atoms in total. The molecule has 1 heterocycles. The Morgan fingerprint density at radius 3 is 2.23 bits per heavy atom. The number of nitriles is 1. The van der Waals surface area contributed by atoms with Gasteiger partial charge in [0, 0.05) is 23.3 Å². The third-order valence-electron chi connectivity index (χ3n) is 4.06. The van der Waals surface area contributed by atoms with Crippen molar-refractivity contribution in [2.24, 2.45) is 0 Å². The monoisotopic (exact) mass is 348 g/mol. The minimum Gasteiger partial charge on any atom is -0.383 e. The summed E-state index contributed by atoms with van der Waals surface area (Å²) in [4.78, 5) is 14.7. The largest absolute Gasteiger partial charge is 0.383 e. The number of hydrogen-bond acceptors (Lipinski definition) is 5. The fraction of sp³-hybridized carbons (Fsp3) is 0.0526. The number of benzene rings is 2. The van der Waals surface area contributed by atoms with Crippen molar-refractivity contribution in [3.05, 3.63) is 75.6 Å². The zero-order valence-corrected chi connectivity index (χ0v) is 13.7. The van der Waals surface area contributed by atoms with Crippen LogP contribution in [-0.2, 0) is 0 Å². The Balaban J connectivity index is 2.25. The molecule has 0 bridgehead atoms. The van der Waals surface area contributed by atoms with Gasteiger partial charge in [0.2, 0.25) is 0 Å². The van der Waals surface area contributed by atoms with Crippen molar-refractivity contribution < 1.29 is 9.31 Å². The van der Waals surface area contributed by atoms with Crippen LogP contribution in [0.2, 0.25) is 0 Å². The van der Waals surface area contributed by atoms with Gasteiger partial charge in [-0.15, -0.1) is 0 Å². The number of hydrogen-bond donors (Lipinski definition) is 1. The van der Waals surface area contributed by atoms with E-state index in [1.807, 2.05) is 6.07 Å².